The van der Waals surface area contributed by atoms with E-state index in [0.29, 0.717) is 10.6 Å². The van der Waals surface area contributed by atoms with Crippen LogP contribution in [0.5, 0.6) is 5.75 Å². The van der Waals surface area contributed by atoms with Gasteiger partial charge in [0.1, 0.15) is 11.2 Å². The standard InChI is InChI=1S/C19H16ClF3N4O4/c1-18(16(28)31-24)9-10-8-11(20)2-7-14(10)15(18)26-27-17(29)25-12-3-5-13(6-4-12)30-19(21,22)23/h2-8H,9,24H2,1H3,(H2,25,27,29). The van der Waals surface area contributed by atoms with Crippen molar-refractivity contribution >= 4 is 35.0 Å². The van der Waals surface area contributed by atoms with E-state index in [0.717, 1.165) is 17.7 Å². The number of ether oxygens (including phenoxy) is 1. The number of hydrogen-bond donors (Lipinski definition) is 3. The van der Waals surface area contributed by atoms with E-state index < -0.39 is 29.5 Å². The minimum atomic E-state index is -4.82. The molecule has 0 saturated heterocycles. The number of fused-ring (bicyclic) bond motifs is 1. The van der Waals surface area contributed by atoms with Crippen LogP contribution in [0.1, 0.15) is 18.1 Å². The zero-order chi connectivity index (χ0) is 22.8. The number of rotatable bonds is 4. The molecule has 12 heteroatoms. The molecule has 0 bridgehead atoms. The lowest BCUT2D eigenvalue weighted by atomic mass is 9.85. The van der Waals surface area contributed by atoms with Crippen LogP contribution in [0.3, 0.4) is 0 Å². The van der Waals surface area contributed by atoms with Crippen LogP contribution >= 0.6 is 11.6 Å². The topological polar surface area (TPSA) is 115 Å². The van der Waals surface area contributed by atoms with Gasteiger partial charge >= 0.3 is 18.4 Å². The van der Waals surface area contributed by atoms with E-state index in [1.54, 1.807) is 25.1 Å². The zero-order valence-corrected chi connectivity index (χ0v) is 16.7. The molecule has 2 aromatic carbocycles. The molecule has 0 aromatic heterocycles. The lowest BCUT2D eigenvalue weighted by molar-refractivity contribution is -0.274. The van der Waals surface area contributed by atoms with Gasteiger partial charge in [-0.25, -0.2) is 15.0 Å². The van der Waals surface area contributed by atoms with Crippen LogP contribution < -0.4 is 21.4 Å². The molecule has 164 valence electrons. The number of halogens is 4. The second kappa shape index (κ2) is 8.44. The number of carbonyl (C=O) groups excluding carboxylic acids is 2. The van der Waals surface area contributed by atoms with Crippen LogP contribution in [0.2, 0.25) is 5.02 Å². The summed E-state index contributed by atoms with van der Waals surface area (Å²) in [5.74, 6) is 3.88. The number of alkyl halides is 3. The SMILES string of the molecule is CC1(C(=O)ON)Cc2cc(Cl)ccc2C1=NNC(=O)Nc1ccc(OC(F)(F)F)cc1. The number of nitrogens with one attached hydrogen (secondary N) is 2. The molecule has 0 spiro atoms. The summed E-state index contributed by atoms with van der Waals surface area (Å²) in [6.45, 7) is 1.56. The Balaban J connectivity index is 1.76. The molecule has 1 aliphatic carbocycles. The average molecular weight is 457 g/mol. The number of amides is 2. The van der Waals surface area contributed by atoms with E-state index in [4.69, 9.17) is 17.5 Å². The van der Waals surface area contributed by atoms with E-state index in [1.165, 1.54) is 12.1 Å². The highest BCUT2D eigenvalue weighted by atomic mass is 35.5. The lowest BCUT2D eigenvalue weighted by Gasteiger charge is -2.20. The normalized spacial score (nSPS) is 19.0. The van der Waals surface area contributed by atoms with Gasteiger partial charge in [-0.3, -0.25) is 0 Å². The largest absolute Gasteiger partial charge is 0.573 e. The maximum Gasteiger partial charge on any atom is 0.573 e. The van der Waals surface area contributed by atoms with Gasteiger partial charge in [0.05, 0.1) is 5.71 Å². The number of nitrogens with zero attached hydrogens (tertiary/aromatic N) is 1. The Hall–Kier alpha value is -3.31. The van der Waals surface area contributed by atoms with Crippen molar-refractivity contribution in [2.45, 2.75) is 19.7 Å². The Morgan fingerprint density at radius 1 is 1.19 bits per heavy atom. The second-order valence-corrected chi connectivity index (χ2v) is 7.25. The molecule has 0 heterocycles. The van der Waals surface area contributed by atoms with Crippen molar-refractivity contribution in [2.24, 2.45) is 16.4 Å². The molecule has 2 aromatic rings. The van der Waals surface area contributed by atoms with Crippen LogP contribution in [0.4, 0.5) is 23.7 Å². The zero-order valence-electron chi connectivity index (χ0n) is 15.9. The highest BCUT2D eigenvalue weighted by Crippen LogP contribution is 2.39. The first-order valence-corrected chi connectivity index (χ1v) is 9.10. The van der Waals surface area contributed by atoms with E-state index in [2.05, 4.69) is 25.4 Å². The molecular weight excluding hydrogens is 441 g/mol. The summed E-state index contributed by atoms with van der Waals surface area (Å²) in [5.41, 5.74) is 2.73. The number of benzene rings is 2. The molecule has 1 aliphatic rings. The number of hydrazone groups is 1. The monoisotopic (exact) mass is 456 g/mol. The van der Waals surface area contributed by atoms with Crippen LogP contribution in [0, 0.1) is 5.41 Å². The number of nitrogens with two attached hydrogens (primary N) is 1. The molecule has 31 heavy (non-hydrogen) atoms. The molecule has 0 fully saturated rings. The predicted molar refractivity (Wildman–Crippen MR) is 105 cm³/mol. The molecule has 2 amide bonds. The van der Waals surface area contributed by atoms with Crippen LogP contribution in [-0.4, -0.2) is 24.1 Å². The molecular formula is C19H16ClF3N4O4. The summed E-state index contributed by atoms with van der Waals surface area (Å²) < 4.78 is 40.4. The first kappa shape index (κ1) is 22.4. The third kappa shape index (κ3) is 5.06. The average Bonchev–Trinajstić information content (AvgIpc) is 2.97. The minimum Gasteiger partial charge on any atom is -0.406 e. The van der Waals surface area contributed by atoms with Gasteiger partial charge in [0.25, 0.3) is 0 Å². The Labute approximate surface area is 179 Å². The van der Waals surface area contributed by atoms with Crippen molar-refractivity contribution in [3.05, 3.63) is 58.6 Å². The highest BCUT2D eigenvalue weighted by molar-refractivity contribution is 6.31. The number of urea groups is 1. The number of hydrogen-bond acceptors (Lipinski definition) is 6. The summed E-state index contributed by atoms with van der Waals surface area (Å²) in [6.07, 6.45) is -4.61. The van der Waals surface area contributed by atoms with Gasteiger partial charge in [0.2, 0.25) is 0 Å². The first-order chi connectivity index (χ1) is 14.5. The number of anilines is 1. The van der Waals surface area contributed by atoms with Crippen LogP contribution in [0.15, 0.2) is 47.6 Å². The Morgan fingerprint density at radius 2 is 1.87 bits per heavy atom. The molecule has 0 saturated carbocycles. The van der Waals surface area contributed by atoms with Gasteiger partial charge in [-0.2, -0.15) is 11.0 Å². The Morgan fingerprint density at radius 3 is 2.48 bits per heavy atom. The third-order valence-corrected chi connectivity index (χ3v) is 4.80. The molecule has 4 N–H and O–H groups in total. The fraction of sp³-hybridized carbons (Fsp3) is 0.211. The van der Waals surface area contributed by atoms with Gasteiger partial charge in [-0.1, -0.05) is 17.7 Å². The van der Waals surface area contributed by atoms with Crippen molar-refractivity contribution < 1.29 is 32.3 Å². The quantitative estimate of drug-likeness (QED) is 0.606. The van der Waals surface area contributed by atoms with E-state index in [1.807, 2.05) is 0 Å². The first-order valence-electron chi connectivity index (χ1n) is 8.73. The minimum absolute atomic E-state index is 0.190. The third-order valence-electron chi connectivity index (χ3n) is 4.56. The number of carbonyl (C=O) groups is 2. The summed E-state index contributed by atoms with van der Waals surface area (Å²) in [7, 11) is 0. The molecule has 0 aliphatic heterocycles. The lowest BCUT2D eigenvalue weighted by Crippen LogP contribution is -2.39. The fourth-order valence-corrected chi connectivity index (χ4v) is 3.38. The van der Waals surface area contributed by atoms with Crippen molar-refractivity contribution in [2.75, 3.05) is 5.32 Å². The fourth-order valence-electron chi connectivity index (χ4n) is 3.19. The second-order valence-electron chi connectivity index (χ2n) is 6.81. The van der Waals surface area contributed by atoms with Gasteiger partial charge in [0, 0.05) is 16.3 Å². The maximum absolute atomic E-state index is 12.3. The van der Waals surface area contributed by atoms with Crippen LogP contribution in [0.25, 0.3) is 0 Å². The van der Waals surface area contributed by atoms with E-state index in [9.17, 15) is 22.8 Å². The molecule has 3 rings (SSSR count). The Kier molecular flexibility index (Phi) is 6.09. The highest BCUT2D eigenvalue weighted by Gasteiger charge is 2.47. The molecule has 8 nitrogen and oxygen atoms in total. The smallest absolute Gasteiger partial charge is 0.406 e. The predicted octanol–water partition coefficient (Wildman–Crippen LogP) is 3.74. The van der Waals surface area contributed by atoms with Crippen molar-refractivity contribution in [3.8, 4) is 5.75 Å². The van der Waals surface area contributed by atoms with Crippen molar-refractivity contribution in [1.82, 2.24) is 5.43 Å². The summed E-state index contributed by atoms with van der Waals surface area (Å²) in [5, 5.41) is 6.93. The molecule has 1 unspecified atom stereocenters. The molecule has 0 radical (unpaired) electrons. The Bertz CT molecular complexity index is 1040. The van der Waals surface area contributed by atoms with Gasteiger partial charge in [0.15, 0.2) is 0 Å². The van der Waals surface area contributed by atoms with E-state index in [-0.39, 0.29) is 17.8 Å². The van der Waals surface area contributed by atoms with E-state index >= 15 is 0 Å². The van der Waals surface area contributed by atoms with Crippen molar-refractivity contribution in [1.29, 1.82) is 0 Å². The summed E-state index contributed by atoms with van der Waals surface area (Å²) in [6, 6.07) is 8.67. The maximum atomic E-state index is 12.3. The molecule has 1 atom stereocenters. The van der Waals surface area contributed by atoms with Gasteiger partial charge in [-0.05, 0) is 55.3 Å². The van der Waals surface area contributed by atoms with Gasteiger partial charge in [-0.15, -0.1) is 13.2 Å². The van der Waals surface area contributed by atoms with Crippen LogP contribution in [-0.2, 0) is 16.1 Å². The van der Waals surface area contributed by atoms with Gasteiger partial charge < -0.3 is 14.9 Å². The summed E-state index contributed by atoms with van der Waals surface area (Å²) in [4.78, 5) is 28.9. The van der Waals surface area contributed by atoms with Crippen molar-refractivity contribution in [3.63, 3.8) is 0 Å². The summed E-state index contributed by atoms with van der Waals surface area (Å²) >= 11 is 6.01.